The molecule has 1 aromatic heterocycles. The van der Waals surface area contributed by atoms with E-state index in [-0.39, 0.29) is 6.04 Å². The molecule has 0 saturated carbocycles. The maximum Gasteiger partial charge on any atom is 0.197 e. The molecule has 4 rings (SSSR count). The third kappa shape index (κ3) is 2.15. The molecule has 1 aromatic carbocycles. The molecule has 2 aromatic rings. The molecule has 22 heavy (non-hydrogen) atoms. The van der Waals surface area contributed by atoms with Gasteiger partial charge in [-0.2, -0.15) is 0 Å². The second-order valence-corrected chi connectivity index (χ2v) is 5.50. The first-order valence-corrected chi connectivity index (χ1v) is 7.48. The zero-order chi connectivity index (χ0) is 14.9. The minimum atomic E-state index is -0.0862. The number of amidine groups is 1. The molecule has 2 N–H and O–H groups in total. The Balaban J connectivity index is 1.73. The number of pyridine rings is 1. The van der Waals surface area contributed by atoms with E-state index >= 15 is 0 Å². The van der Waals surface area contributed by atoms with Crippen molar-refractivity contribution in [2.45, 2.75) is 12.5 Å². The topological polar surface area (TPSA) is 66.9 Å². The van der Waals surface area contributed by atoms with E-state index in [1.165, 1.54) is 0 Å². The number of nitrogens with zero attached hydrogens (tertiary/aromatic N) is 4. The Morgan fingerprint density at radius 1 is 1.14 bits per heavy atom. The van der Waals surface area contributed by atoms with E-state index in [4.69, 9.17) is 5.73 Å². The smallest absolute Gasteiger partial charge is 0.197 e. The zero-order valence-corrected chi connectivity index (χ0v) is 12.2. The van der Waals surface area contributed by atoms with Gasteiger partial charge in [-0.3, -0.25) is 14.9 Å². The highest BCUT2D eigenvalue weighted by Gasteiger charge is 2.33. The van der Waals surface area contributed by atoms with Crippen LogP contribution in [0.25, 0.3) is 11.1 Å². The summed E-state index contributed by atoms with van der Waals surface area (Å²) in [5.74, 6) is 1.56. The highest BCUT2D eigenvalue weighted by molar-refractivity contribution is 6.07. The summed E-state index contributed by atoms with van der Waals surface area (Å²) in [5.41, 5.74) is 9.40. The van der Waals surface area contributed by atoms with Crippen molar-refractivity contribution >= 4 is 11.8 Å². The van der Waals surface area contributed by atoms with Crippen LogP contribution in [-0.4, -0.2) is 34.8 Å². The maximum absolute atomic E-state index is 6.05. The van der Waals surface area contributed by atoms with Gasteiger partial charge in [0.15, 0.2) is 5.96 Å². The van der Waals surface area contributed by atoms with Crippen molar-refractivity contribution in [2.24, 2.45) is 15.7 Å². The predicted molar refractivity (Wildman–Crippen MR) is 87.7 cm³/mol. The molecule has 2 aliphatic heterocycles. The van der Waals surface area contributed by atoms with E-state index in [1.807, 2.05) is 17.2 Å². The summed E-state index contributed by atoms with van der Waals surface area (Å²) in [5, 5.41) is 0. The van der Waals surface area contributed by atoms with Gasteiger partial charge in [-0.15, -0.1) is 0 Å². The second-order valence-electron chi connectivity index (χ2n) is 5.50. The highest BCUT2D eigenvalue weighted by atomic mass is 15.4. The number of rotatable bonds is 2. The highest BCUT2D eigenvalue weighted by Crippen LogP contribution is 2.30. The summed E-state index contributed by atoms with van der Waals surface area (Å²) in [7, 11) is 0. The summed E-state index contributed by atoms with van der Waals surface area (Å²) < 4.78 is 0. The molecule has 0 radical (unpaired) electrons. The molecule has 0 saturated heterocycles. The maximum atomic E-state index is 6.05. The lowest BCUT2D eigenvalue weighted by Crippen LogP contribution is -2.41. The summed E-state index contributed by atoms with van der Waals surface area (Å²) in [6, 6.07) is 12.3. The molecule has 110 valence electrons. The van der Waals surface area contributed by atoms with Crippen molar-refractivity contribution in [1.82, 2.24) is 9.88 Å². The summed E-state index contributed by atoms with van der Waals surface area (Å²) in [6.07, 6.45) is 4.68. The van der Waals surface area contributed by atoms with Gasteiger partial charge in [0.1, 0.15) is 11.9 Å². The minimum absolute atomic E-state index is 0.0862. The summed E-state index contributed by atoms with van der Waals surface area (Å²) in [6.45, 7) is 1.76. The molecule has 0 aliphatic carbocycles. The Kier molecular flexibility index (Phi) is 3.11. The largest absolute Gasteiger partial charge is 0.369 e. The van der Waals surface area contributed by atoms with Gasteiger partial charge in [0.05, 0.1) is 0 Å². The normalized spacial score (nSPS) is 20.4. The number of hydrogen-bond donors (Lipinski definition) is 1. The average Bonchev–Trinajstić information content (AvgIpc) is 2.93. The van der Waals surface area contributed by atoms with Crippen LogP contribution in [0.4, 0.5) is 0 Å². The van der Waals surface area contributed by atoms with Crippen LogP contribution >= 0.6 is 0 Å². The first-order valence-electron chi connectivity index (χ1n) is 7.48. The van der Waals surface area contributed by atoms with Gasteiger partial charge in [0, 0.05) is 25.5 Å². The average molecular weight is 291 g/mol. The molecular weight excluding hydrogens is 274 g/mol. The Morgan fingerprint density at radius 2 is 2.05 bits per heavy atom. The fourth-order valence-electron chi connectivity index (χ4n) is 2.99. The molecule has 0 fully saturated rings. The fourth-order valence-corrected chi connectivity index (χ4v) is 2.99. The van der Waals surface area contributed by atoms with Crippen molar-refractivity contribution in [3.8, 4) is 11.1 Å². The molecule has 3 heterocycles. The van der Waals surface area contributed by atoms with Crippen LogP contribution in [0.5, 0.6) is 0 Å². The first kappa shape index (κ1) is 13.0. The molecule has 0 spiro atoms. The standard InChI is InChI=1S/C17H17N5/c18-17-21-15(16-20-8-3-9-22(16)17)13-5-1-4-12(10-13)14-6-2-7-19-11-14/h1-2,4-7,10-11,15H,3,8-9H2,(H2,18,21). The Bertz CT molecular complexity index is 751. The van der Waals surface area contributed by atoms with E-state index in [0.29, 0.717) is 5.96 Å². The van der Waals surface area contributed by atoms with E-state index in [0.717, 1.165) is 42.0 Å². The van der Waals surface area contributed by atoms with Gasteiger partial charge in [0.25, 0.3) is 0 Å². The van der Waals surface area contributed by atoms with Gasteiger partial charge in [-0.05, 0) is 35.2 Å². The number of guanidine groups is 1. The Labute approximate surface area is 129 Å². The van der Waals surface area contributed by atoms with E-state index in [9.17, 15) is 0 Å². The van der Waals surface area contributed by atoms with Gasteiger partial charge in [0.2, 0.25) is 0 Å². The Morgan fingerprint density at radius 3 is 2.91 bits per heavy atom. The van der Waals surface area contributed by atoms with Crippen LogP contribution in [0.15, 0.2) is 58.8 Å². The third-order valence-electron chi connectivity index (χ3n) is 4.07. The van der Waals surface area contributed by atoms with Crippen LogP contribution in [0.1, 0.15) is 18.0 Å². The van der Waals surface area contributed by atoms with Crippen LogP contribution in [0.3, 0.4) is 0 Å². The van der Waals surface area contributed by atoms with Gasteiger partial charge < -0.3 is 5.73 Å². The zero-order valence-electron chi connectivity index (χ0n) is 12.2. The first-order chi connectivity index (χ1) is 10.8. The lowest BCUT2D eigenvalue weighted by Gasteiger charge is -2.24. The van der Waals surface area contributed by atoms with Crippen LogP contribution in [0.2, 0.25) is 0 Å². The molecule has 5 nitrogen and oxygen atoms in total. The number of fused-ring (bicyclic) bond motifs is 1. The van der Waals surface area contributed by atoms with Gasteiger partial charge >= 0.3 is 0 Å². The SMILES string of the molecule is NC1=NC(c2cccc(-c3cccnc3)c2)C2=NCCCN12. The predicted octanol–water partition coefficient (Wildman–Crippen LogP) is 2.22. The number of hydrogen-bond acceptors (Lipinski definition) is 5. The molecule has 5 heteroatoms. The molecule has 1 unspecified atom stereocenters. The summed E-state index contributed by atoms with van der Waals surface area (Å²) in [4.78, 5) is 15.5. The lowest BCUT2D eigenvalue weighted by molar-refractivity contribution is 0.545. The number of aliphatic imine (C=N–C) groups is 2. The monoisotopic (exact) mass is 291 g/mol. The number of nitrogens with two attached hydrogens (primary N) is 1. The van der Waals surface area contributed by atoms with E-state index < -0.39 is 0 Å². The molecule has 0 bridgehead atoms. The van der Waals surface area contributed by atoms with Crippen LogP contribution in [0, 0.1) is 0 Å². The van der Waals surface area contributed by atoms with Crippen LogP contribution in [-0.2, 0) is 0 Å². The quantitative estimate of drug-likeness (QED) is 0.922. The van der Waals surface area contributed by atoms with Crippen molar-refractivity contribution < 1.29 is 0 Å². The number of benzene rings is 1. The second kappa shape index (κ2) is 5.26. The molecule has 1 atom stereocenters. The van der Waals surface area contributed by atoms with Gasteiger partial charge in [-0.25, -0.2) is 4.99 Å². The Hall–Kier alpha value is -2.69. The lowest BCUT2D eigenvalue weighted by atomic mass is 10.00. The molecular formula is C17H17N5. The van der Waals surface area contributed by atoms with Gasteiger partial charge in [-0.1, -0.05) is 24.3 Å². The third-order valence-corrected chi connectivity index (χ3v) is 4.07. The fraction of sp³-hybridized carbons (Fsp3) is 0.235. The van der Waals surface area contributed by atoms with Crippen molar-refractivity contribution in [3.05, 3.63) is 54.4 Å². The molecule has 2 aliphatic rings. The van der Waals surface area contributed by atoms with Crippen molar-refractivity contribution in [1.29, 1.82) is 0 Å². The molecule has 0 amide bonds. The van der Waals surface area contributed by atoms with Crippen molar-refractivity contribution in [2.75, 3.05) is 13.1 Å². The van der Waals surface area contributed by atoms with E-state index in [2.05, 4.69) is 45.3 Å². The minimum Gasteiger partial charge on any atom is -0.369 e. The van der Waals surface area contributed by atoms with Crippen molar-refractivity contribution in [3.63, 3.8) is 0 Å². The summed E-state index contributed by atoms with van der Waals surface area (Å²) >= 11 is 0. The number of aromatic nitrogens is 1. The van der Waals surface area contributed by atoms with Crippen LogP contribution < -0.4 is 5.73 Å². The van der Waals surface area contributed by atoms with E-state index in [1.54, 1.807) is 6.20 Å².